The van der Waals surface area contributed by atoms with Crippen molar-refractivity contribution in [2.24, 2.45) is 0 Å². The topological polar surface area (TPSA) is 56.7 Å². The molecular weight excluding hydrogens is 224 g/mol. The molecule has 0 atom stereocenters. The number of anilines is 1. The molecule has 90 valence electrons. The zero-order valence-corrected chi connectivity index (χ0v) is 10.2. The van der Waals surface area contributed by atoms with E-state index in [4.69, 9.17) is 5.73 Å². The number of para-hydroxylation sites is 2. The maximum absolute atomic E-state index is 5.98. The highest BCUT2D eigenvalue weighted by Crippen LogP contribution is 2.27. The number of imidazole rings is 1. The molecule has 0 radical (unpaired) electrons. The predicted molar refractivity (Wildman–Crippen MR) is 73.1 cm³/mol. The highest BCUT2D eigenvalue weighted by molar-refractivity contribution is 5.83. The molecule has 4 heteroatoms. The van der Waals surface area contributed by atoms with E-state index in [0.29, 0.717) is 5.69 Å². The first-order valence-electron chi connectivity index (χ1n) is 5.96. The van der Waals surface area contributed by atoms with Crippen LogP contribution in [-0.2, 0) is 6.54 Å². The van der Waals surface area contributed by atoms with Crippen molar-refractivity contribution in [3.05, 3.63) is 42.7 Å². The molecule has 2 heterocycles. The molecule has 0 saturated carbocycles. The van der Waals surface area contributed by atoms with Crippen molar-refractivity contribution in [2.75, 3.05) is 5.73 Å². The van der Waals surface area contributed by atoms with Crippen LogP contribution < -0.4 is 5.73 Å². The molecule has 2 aromatic heterocycles. The lowest BCUT2D eigenvalue weighted by Gasteiger charge is -2.07. The number of fused-ring (bicyclic) bond motifs is 1. The Morgan fingerprint density at radius 2 is 2.06 bits per heavy atom. The Labute approximate surface area is 105 Å². The number of nitrogens with zero attached hydrogens (tertiary/aromatic N) is 3. The Balaban J connectivity index is 2.32. The third-order valence-electron chi connectivity index (χ3n) is 3.06. The van der Waals surface area contributed by atoms with Gasteiger partial charge in [0.2, 0.25) is 0 Å². The van der Waals surface area contributed by atoms with E-state index in [1.165, 1.54) is 0 Å². The number of nitrogens with two attached hydrogens (primary N) is 1. The van der Waals surface area contributed by atoms with Crippen LogP contribution in [0.15, 0.2) is 42.7 Å². The summed E-state index contributed by atoms with van der Waals surface area (Å²) in [6, 6.07) is 10.0. The second kappa shape index (κ2) is 4.14. The fourth-order valence-electron chi connectivity index (χ4n) is 2.21. The van der Waals surface area contributed by atoms with Crippen LogP contribution in [0.1, 0.15) is 6.92 Å². The van der Waals surface area contributed by atoms with Gasteiger partial charge >= 0.3 is 0 Å². The Morgan fingerprint density at radius 3 is 2.83 bits per heavy atom. The zero-order valence-electron chi connectivity index (χ0n) is 10.2. The molecule has 0 aliphatic heterocycles. The fourth-order valence-corrected chi connectivity index (χ4v) is 2.21. The van der Waals surface area contributed by atoms with Crippen LogP contribution in [-0.4, -0.2) is 14.5 Å². The molecule has 0 saturated heterocycles. The van der Waals surface area contributed by atoms with E-state index in [9.17, 15) is 0 Å². The average molecular weight is 238 g/mol. The fraction of sp³-hybridized carbons (Fsp3) is 0.143. The van der Waals surface area contributed by atoms with Gasteiger partial charge in [0.1, 0.15) is 5.82 Å². The molecule has 0 amide bonds. The number of pyridine rings is 1. The maximum atomic E-state index is 5.98. The molecule has 0 aliphatic rings. The van der Waals surface area contributed by atoms with Gasteiger partial charge in [0.05, 0.1) is 22.9 Å². The quantitative estimate of drug-likeness (QED) is 0.746. The van der Waals surface area contributed by atoms with Gasteiger partial charge in [0.15, 0.2) is 0 Å². The summed E-state index contributed by atoms with van der Waals surface area (Å²) in [6.07, 6.45) is 3.40. The van der Waals surface area contributed by atoms with Gasteiger partial charge in [-0.05, 0) is 25.1 Å². The number of aryl methyl sites for hydroxylation is 1. The van der Waals surface area contributed by atoms with E-state index in [2.05, 4.69) is 27.5 Å². The summed E-state index contributed by atoms with van der Waals surface area (Å²) in [5.41, 5.74) is 9.69. The largest absolute Gasteiger partial charge is 0.397 e. The van der Waals surface area contributed by atoms with Gasteiger partial charge in [0.25, 0.3) is 0 Å². The first kappa shape index (κ1) is 10.8. The Bertz CT molecular complexity index is 700. The number of rotatable bonds is 2. The van der Waals surface area contributed by atoms with Gasteiger partial charge in [-0.2, -0.15) is 0 Å². The van der Waals surface area contributed by atoms with Crippen molar-refractivity contribution in [3.63, 3.8) is 0 Å². The van der Waals surface area contributed by atoms with Crippen molar-refractivity contribution in [1.82, 2.24) is 14.5 Å². The Morgan fingerprint density at radius 1 is 1.22 bits per heavy atom. The number of aromatic nitrogens is 3. The van der Waals surface area contributed by atoms with Crippen molar-refractivity contribution >= 4 is 16.7 Å². The molecule has 4 nitrogen and oxygen atoms in total. The molecular formula is C14H14N4. The molecule has 0 aliphatic carbocycles. The lowest BCUT2D eigenvalue weighted by Crippen LogP contribution is -2.00. The molecule has 1 aromatic carbocycles. The van der Waals surface area contributed by atoms with Crippen LogP contribution in [0.3, 0.4) is 0 Å². The van der Waals surface area contributed by atoms with Crippen LogP contribution in [0, 0.1) is 0 Å². The summed E-state index contributed by atoms with van der Waals surface area (Å²) in [5.74, 6) is 0.901. The van der Waals surface area contributed by atoms with Gasteiger partial charge in [-0.1, -0.05) is 12.1 Å². The van der Waals surface area contributed by atoms with Gasteiger partial charge in [0, 0.05) is 18.3 Å². The van der Waals surface area contributed by atoms with E-state index < -0.39 is 0 Å². The van der Waals surface area contributed by atoms with Crippen molar-refractivity contribution in [3.8, 4) is 11.4 Å². The summed E-state index contributed by atoms with van der Waals surface area (Å²) >= 11 is 0. The van der Waals surface area contributed by atoms with Gasteiger partial charge < -0.3 is 10.3 Å². The summed E-state index contributed by atoms with van der Waals surface area (Å²) < 4.78 is 2.17. The van der Waals surface area contributed by atoms with Crippen molar-refractivity contribution < 1.29 is 0 Å². The van der Waals surface area contributed by atoms with Gasteiger partial charge in [-0.25, -0.2) is 4.98 Å². The minimum atomic E-state index is 0.655. The Hall–Kier alpha value is -2.36. The summed E-state index contributed by atoms with van der Waals surface area (Å²) in [5, 5.41) is 0. The zero-order chi connectivity index (χ0) is 12.5. The molecule has 3 aromatic rings. The molecule has 18 heavy (non-hydrogen) atoms. The molecule has 0 unspecified atom stereocenters. The number of hydrogen-bond acceptors (Lipinski definition) is 3. The van der Waals surface area contributed by atoms with Crippen LogP contribution in [0.25, 0.3) is 22.4 Å². The van der Waals surface area contributed by atoms with Crippen LogP contribution in [0.2, 0.25) is 0 Å². The Kier molecular flexibility index (Phi) is 2.48. The number of nitrogen functional groups attached to an aromatic ring is 1. The second-order valence-corrected chi connectivity index (χ2v) is 4.13. The maximum Gasteiger partial charge on any atom is 0.143 e. The lowest BCUT2D eigenvalue weighted by atomic mass is 10.2. The summed E-state index contributed by atoms with van der Waals surface area (Å²) in [4.78, 5) is 8.69. The first-order chi connectivity index (χ1) is 8.81. The lowest BCUT2D eigenvalue weighted by molar-refractivity contribution is 0.796. The van der Waals surface area contributed by atoms with E-state index in [0.717, 1.165) is 29.0 Å². The van der Waals surface area contributed by atoms with Crippen LogP contribution >= 0.6 is 0 Å². The minimum Gasteiger partial charge on any atom is -0.397 e. The molecule has 0 spiro atoms. The van der Waals surface area contributed by atoms with E-state index in [-0.39, 0.29) is 0 Å². The molecule has 0 bridgehead atoms. The molecule has 3 rings (SSSR count). The van der Waals surface area contributed by atoms with Crippen LogP contribution in [0.5, 0.6) is 0 Å². The smallest absolute Gasteiger partial charge is 0.143 e. The number of benzene rings is 1. The highest BCUT2D eigenvalue weighted by atomic mass is 15.1. The van der Waals surface area contributed by atoms with Gasteiger partial charge in [-0.15, -0.1) is 0 Å². The predicted octanol–water partition coefficient (Wildman–Crippen LogP) is 2.70. The monoisotopic (exact) mass is 238 g/mol. The average Bonchev–Trinajstić information content (AvgIpc) is 2.77. The molecule has 0 fully saturated rings. The van der Waals surface area contributed by atoms with E-state index >= 15 is 0 Å². The summed E-state index contributed by atoms with van der Waals surface area (Å²) in [7, 11) is 0. The second-order valence-electron chi connectivity index (χ2n) is 4.13. The van der Waals surface area contributed by atoms with Crippen molar-refractivity contribution in [2.45, 2.75) is 13.5 Å². The van der Waals surface area contributed by atoms with Crippen LogP contribution in [0.4, 0.5) is 5.69 Å². The normalized spacial score (nSPS) is 10.9. The van der Waals surface area contributed by atoms with E-state index in [1.807, 2.05) is 24.3 Å². The molecule has 2 N–H and O–H groups in total. The van der Waals surface area contributed by atoms with Gasteiger partial charge in [-0.3, -0.25) is 4.98 Å². The SMILES string of the molecule is CCn1c(-c2ccncc2N)nc2ccccc21. The number of hydrogen-bond donors (Lipinski definition) is 1. The standard InChI is InChI=1S/C14H14N4/c1-2-18-13-6-4-3-5-12(13)17-14(18)10-7-8-16-9-11(10)15/h3-9H,2,15H2,1H3. The highest BCUT2D eigenvalue weighted by Gasteiger charge is 2.12. The summed E-state index contributed by atoms with van der Waals surface area (Å²) in [6.45, 7) is 2.96. The minimum absolute atomic E-state index is 0.655. The van der Waals surface area contributed by atoms with Crippen molar-refractivity contribution in [1.29, 1.82) is 0 Å². The third kappa shape index (κ3) is 1.54. The third-order valence-corrected chi connectivity index (χ3v) is 3.06. The van der Waals surface area contributed by atoms with E-state index in [1.54, 1.807) is 12.4 Å². The first-order valence-corrected chi connectivity index (χ1v) is 5.96.